The van der Waals surface area contributed by atoms with Crippen LogP contribution in [0.5, 0.6) is 0 Å². The molecule has 1 aliphatic carbocycles. The lowest BCUT2D eigenvalue weighted by molar-refractivity contribution is -0.0565. The van der Waals surface area contributed by atoms with Crippen molar-refractivity contribution in [3.8, 4) is 0 Å². The number of amides is 1. The fourth-order valence-corrected chi connectivity index (χ4v) is 4.47. The number of likely N-dealkylation sites (tertiary alicyclic amines) is 1. The highest BCUT2D eigenvalue weighted by Crippen LogP contribution is 2.25. The van der Waals surface area contributed by atoms with Gasteiger partial charge in [-0.1, -0.05) is 49.6 Å². The third kappa shape index (κ3) is 5.91. The predicted octanol–water partition coefficient (Wildman–Crippen LogP) is 5.25. The quantitative estimate of drug-likeness (QED) is 0.730. The Morgan fingerprint density at radius 1 is 0.897 bits per heavy atom. The molecule has 1 heterocycles. The van der Waals surface area contributed by atoms with Crippen molar-refractivity contribution >= 4 is 11.6 Å². The van der Waals surface area contributed by atoms with Gasteiger partial charge in [-0.05, 0) is 55.5 Å². The minimum absolute atomic E-state index is 0.0577. The van der Waals surface area contributed by atoms with Gasteiger partial charge in [0.05, 0.1) is 12.2 Å². The van der Waals surface area contributed by atoms with Gasteiger partial charge in [0, 0.05) is 30.9 Å². The molecule has 2 fully saturated rings. The van der Waals surface area contributed by atoms with Crippen LogP contribution >= 0.6 is 0 Å². The first-order valence-electron chi connectivity index (χ1n) is 11.1. The minimum Gasteiger partial charge on any atom is -0.375 e. The summed E-state index contributed by atoms with van der Waals surface area (Å²) in [7, 11) is 0. The standard InChI is InChI=1S/C25H32N2O2/c28-25(26-22-10-3-1-4-11-22)21-9-7-8-20(18-21)19-27-16-14-24(15-17-27)29-23-12-5-2-6-13-23/h1,3-4,7-11,18,23-24H,2,5-6,12-17,19H2,(H,26,28). The van der Waals surface area contributed by atoms with E-state index in [1.165, 1.54) is 37.7 Å². The van der Waals surface area contributed by atoms with E-state index in [9.17, 15) is 4.79 Å². The highest BCUT2D eigenvalue weighted by molar-refractivity contribution is 6.04. The number of nitrogens with zero attached hydrogens (tertiary/aromatic N) is 1. The first-order valence-corrected chi connectivity index (χ1v) is 11.1. The number of anilines is 1. The smallest absolute Gasteiger partial charge is 0.255 e. The summed E-state index contributed by atoms with van der Waals surface area (Å²) in [6.07, 6.45) is 9.69. The van der Waals surface area contributed by atoms with Crippen molar-refractivity contribution in [2.24, 2.45) is 0 Å². The summed E-state index contributed by atoms with van der Waals surface area (Å²) in [6, 6.07) is 17.6. The highest BCUT2D eigenvalue weighted by atomic mass is 16.5. The Hall–Kier alpha value is -2.17. The van der Waals surface area contributed by atoms with Crippen LogP contribution < -0.4 is 5.32 Å². The summed E-state index contributed by atoms with van der Waals surface area (Å²) in [4.78, 5) is 15.0. The molecule has 0 unspecified atom stereocenters. The second kappa shape index (κ2) is 10.0. The van der Waals surface area contributed by atoms with Crippen LogP contribution in [-0.2, 0) is 11.3 Å². The van der Waals surface area contributed by atoms with Gasteiger partial charge in [-0.2, -0.15) is 0 Å². The van der Waals surface area contributed by atoms with Crippen LogP contribution in [0.25, 0.3) is 0 Å². The molecule has 1 saturated carbocycles. The van der Waals surface area contributed by atoms with Crippen LogP contribution in [0.2, 0.25) is 0 Å². The first kappa shape index (κ1) is 20.1. The van der Waals surface area contributed by atoms with Crippen LogP contribution in [0.1, 0.15) is 60.9 Å². The number of hydrogen-bond donors (Lipinski definition) is 1. The van der Waals surface area contributed by atoms with Crippen molar-refractivity contribution < 1.29 is 9.53 Å². The van der Waals surface area contributed by atoms with Crippen LogP contribution in [0.15, 0.2) is 54.6 Å². The number of nitrogens with one attached hydrogen (secondary N) is 1. The lowest BCUT2D eigenvalue weighted by atomic mass is 9.97. The Morgan fingerprint density at radius 3 is 2.38 bits per heavy atom. The average Bonchev–Trinajstić information content (AvgIpc) is 2.77. The molecule has 2 aromatic rings. The van der Waals surface area contributed by atoms with E-state index in [4.69, 9.17) is 4.74 Å². The molecule has 1 saturated heterocycles. The molecule has 4 nitrogen and oxygen atoms in total. The molecule has 154 valence electrons. The van der Waals surface area contributed by atoms with Gasteiger partial charge >= 0.3 is 0 Å². The Morgan fingerprint density at radius 2 is 1.62 bits per heavy atom. The van der Waals surface area contributed by atoms with Crippen molar-refractivity contribution in [3.05, 3.63) is 65.7 Å². The van der Waals surface area contributed by atoms with Crippen molar-refractivity contribution in [1.29, 1.82) is 0 Å². The number of ether oxygens (including phenoxy) is 1. The average molecular weight is 393 g/mol. The molecule has 0 atom stereocenters. The van der Waals surface area contributed by atoms with Gasteiger partial charge in [0.2, 0.25) is 0 Å². The number of carbonyl (C=O) groups is 1. The normalized spacial score (nSPS) is 19.2. The summed E-state index contributed by atoms with van der Waals surface area (Å²) in [5, 5.41) is 2.96. The second-order valence-electron chi connectivity index (χ2n) is 8.39. The van der Waals surface area contributed by atoms with Crippen molar-refractivity contribution in [3.63, 3.8) is 0 Å². The Kier molecular flexibility index (Phi) is 6.96. The maximum absolute atomic E-state index is 12.5. The van der Waals surface area contributed by atoms with E-state index in [-0.39, 0.29) is 5.91 Å². The van der Waals surface area contributed by atoms with E-state index in [1.54, 1.807) is 0 Å². The zero-order chi connectivity index (χ0) is 19.9. The van der Waals surface area contributed by atoms with E-state index >= 15 is 0 Å². The molecule has 4 rings (SSSR count). The van der Waals surface area contributed by atoms with E-state index in [2.05, 4.69) is 16.3 Å². The Balaban J connectivity index is 1.27. The molecule has 4 heteroatoms. The summed E-state index contributed by atoms with van der Waals surface area (Å²) in [5.74, 6) is -0.0577. The van der Waals surface area contributed by atoms with Crippen LogP contribution in [0.3, 0.4) is 0 Å². The molecule has 1 aliphatic heterocycles. The lowest BCUT2D eigenvalue weighted by Crippen LogP contribution is -2.38. The van der Waals surface area contributed by atoms with Crippen LogP contribution in [0, 0.1) is 0 Å². The lowest BCUT2D eigenvalue weighted by Gasteiger charge is -2.35. The van der Waals surface area contributed by atoms with Crippen molar-refractivity contribution in [2.45, 2.75) is 63.7 Å². The van der Waals surface area contributed by atoms with Gasteiger partial charge in [-0.25, -0.2) is 0 Å². The number of carbonyl (C=O) groups excluding carboxylic acids is 1. The third-order valence-corrected chi connectivity index (χ3v) is 6.10. The summed E-state index contributed by atoms with van der Waals surface area (Å²) < 4.78 is 6.36. The van der Waals surface area contributed by atoms with Crippen LogP contribution in [-0.4, -0.2) is 36.1 Å². The Bertz CT molecular complexity index is 778. The molecule has 29 heavy (non-hydrogen) atoms. The number of para-hydroxylation sites is 1. The van der Waals surface area contributed by atoms with Crippen molar-refractivity contribution in [1.82, 2.24) is 4.90 Å². The van der Waals surface area contributed by atoms with E-state index < -0.39 is 0 Å². The van der Waals surface area contributed by atoms with Gasteiger partial charge in [0.1, 0.15) is 0 Å². The molecule has 1 N–H and O–H groups in total. The fourth-order valence-electron chi connectivity index (χ4n) is 4.47. The van der Waals surface area contributed by atoms with Gasteiger partial charge in [-0.15, -0.1) is 0 Å². The number of piperidine rings is 1. The Labute approximate surface area is 174 Å². The first-order chi connectivity index (χ1) is 14.3. The summed E-state index contributed by atoms with van der Waals surface area (Å²) in [6.45, 7) is 3.03. The third-order valence-electron chi connectivity index (χ3n) is 6.10. The highest BCUT2D eigenvalue weighted by Gasteiger charge is 2.24. The van der Waals surface area contributed by atoms with E-state index in [0.29, 0.717) is 17.8 Å². The van der Waals surface area contributed by atoms with E-state index in [1.807, 2.05) is 48.5 Å². The molecular weight excluding hydrogens is 360 g/mol. The zero-order valence-corrected chi connectivity index (χ0v) is 17.2. The summed E-state index contributed by atoms with van der Waals surface area (Å²) in [5.41, 5.74) is 2.72. The molecule has 0 spiro atoms. The molecule has 2 aliphatic rings. The van der Waals surface area contributed by atoms with Gasteiger partial charge < -0.3 is 10.1 Å². The summed E-state index contributed by atoms with van der Waals surface area (Å²) >= 11 is 0. The second-order valence-corrected chi connectivity index (χ2v) is 8.39. The van der Waals surface area contributed by atoms with Crippen molar-refractivity contribution in [2.75, 3.05) is 18.4 Å². The molecule has 0 bridgehead atoms. The predicted molar refractivity (Wildman–Crippen MR) is 117 cm³/mol. The zero-order valence-electron chi connectivity index (χ0n) is 17.2. The molecule has 1 amide bonds. The maximum Gasteiger partial charge on any atom is 0.255 e. The van der Waals surface area contributed by atoms with Gasteiger partial charge in [0.25, 0.3) is 5.91 Å². The topological polar surface area (TPSA) is 41.6 Å². The molecular formula is C25H32N2O2. The SMILES string of the molecule is O=C(Nc1ccccc1)c1cccc(CN2CCC(OC3CCCCC3)CC2)c1. The monoisotopic (exact) mass is 392 g/mol. The molecule has 0 aromatic heterocycles. The molecule has 2 aromatic carbocycles. The molecule has 0 radical (unpaired) electrons. The largest absolute Gasteiger partial charge is 0.375 e. The van der Waals surface area contributed by atoms with E-state index in [0.717, 1.165) is 38.2 Å². The fraction of sp³-hybridized carbons (Fsp3) is 0.480. The minimum atomic E-state index is -0.0577. The number of hydrogen-bond acceptors (Lipinski definition) is 3. The number of rotatable bonds is 6. The van der Waals surface area contributed by atoms with Crippen LogP contribution in [0.4, 0.5) is 5.69 Å². The van der Waals surface area contributed by atoms with Gasteiger partial charge in [0.15, 0.2) is 0 Å². The number of benzene rings is 2. The maximum atomic E-state index is 12.5. The van der Waals surface area contributed by atoms with Gasteiger partial charge in [-0.3, -0.25) is 9.69 Å².